The van der Waals surface area contributed by atoms with Gasteiger partial charge in [0.05, 0.1) is 0 Å². The van der Waals surface area contributed by atoms with Crippen molar-refractivity contribution in [2.45, 2.75) is 19.8 Å². The largest absolute Gasteiger partial charge is 0.128 e. The molecule has 0 fully saturated rings. The van der Waals surface area contributed by atoms with Crippen molar-refractivity contribution in [1.29, 1.82) is 0 Å². The van der Waals surface area contributed by atoms with Crippen molar-refractivity contribution >= 4 is 6.08 Å². The Morgan fingerprint density at radius 2 is 2.17 bits per heavy atom. The molecule has 0 heterocycles. The van der Waals surface area contributed by atoms with E-state index in [4.69, 9.17) is 0 Å². The van der Waals surface area contributed by atoms with Gasteiger partial charge in [0.1, 0.15) is 0 Å². The zero-order valence-electron chi connectivity index (χ0n) is 7.51. The van der Waals surface area contributed by atoms with E-state index in [-0.39, 0.29) is 0 Å². The number of benzene rings is 1. The van der Waals surface area contributed by atoms with Gasteiger partial charge in [-0.05, 0) is 23.6 Å². The predicted octanol–water partition coefficient (Wildman–Crippen LogP) is 3.44. The third-order valence-electron chi connectivity index (χ3n) is 1.83. The summed E-state index contributed by atoms with van der Waals surface area (Å²) >= 11 is 0. The highest BCUT2D eigenvalue weighted by molar-refractivity contribution is 5.52. The molecule has 1 aromatic carbocycles. The molecule has 12 heavy (non-hydrogen) atoms. The Hall–Kier alpha value is -1.26. The average molecular weight is 158 g/mol. The van der Waals surface area contributed by atoms with Crippen LogP contribution in [0.3, 0.4) is 0 Å². The second kappa shape index (κ2) is 4.58. The highest BCUT2D eigenvalue weighted by Gasteiger charge is 1.95. The molecule has 0 nitrogen and oxygen atoms in total. The van der Waals surface area contributed by atoms with Crippen molar-refractivity contribution in [3.63, 3.8) is 0 Å². The smallest absolute Gasteiger partial charge is 0.0131 e. The van der Waals surface area contributed by atoms with E-state index < -0.39 is 0 Å². The molecule has 62 valence electrons. The molecule has 0 saturated heterocycles. The summed E-state index contributed by atoms with van der Waals surface area (Å²) in [6.45, 7) is 5.77. The van der Waals surface area contributed by atoms with Crippen LogP contribution in [0.2, 0.25) is 0 Å². The van der Waals surface area contributed by atoms with Crippen LogP contribution in [0.5, 0.6) is 0 Å². The maximum atomic E-state index is 3.58. The van der Waals surface area contributed by atoms with E-state index in [0.717, 1.165) is 6.42 Å². The molecule has 1 aromatic rings. The Kier molecular flexibility index (Phi) is 3.37. The van der Waals surface area contributed by atoms with Gasteiger partial charge < -0.3 is 0 Å². The van der Waals surface area contributed by atoms with Gasteiger partial charge in [0.2, 0.25) is 0 Å². The number of hydrogen-bond donors (Lipinski definition) is 0. The van der Waals surface area contributed by atoms with Crippen LogP contribution in [-0.2, 0) is 6.42 Å². The molecule has 0 atom stereocenters. The number of hydrogen-bond acceptors (Lipinski definition) is 0. The Labute approximate surface area is 74.2 Å². The minimum absolute atomic E-state index is 1.13. The van der Waals surface area contributed by atoms with Gasteiger partial charge in [-0.2, -0.15) is 0 Å². The highest BCUT2D eigenvalue weighted by atomic mass is 14.0. The van der Waals surface area contributed by atoms with Gasteiger partial charge in [0.25, 0.3) is 0 Å². The zero-order chi connectivity index (χ0) is 8.81. The summed E-state index contributed by atoms with van der Waals surface area (Å²) < 4.78 is 0. The van der Waals surface area contributed by atoms with E-state index in [1.807, 2.05) is 12.1 Å². The van der Waals surface area contributed by atoms with Crippen molar-refractivity contribution in [3.8, 4) is 0 Å². The van der Waals surface area contributed by atoms with Gasteiger partial charge in [-0.3, -0.25) is 0 Å². The Morgan fingerprint density at radius 3 is 2.83 bits per heavy atom. The van der Waals surface area contributed by atoms with E-state index in [1.165, 1.54) is 17.5 Å². The number of aryl methyl sites for hydroxylation is 1. The van der Waals surface area contributed by atoms with Crippen LogP contribution in [0, 0.1) is 0 Å². The second-order valence-corrected chi connectivity index (χ2v) is 2.80. The van der Waals surface area contributed by atoms with E-state index in [9.17, 15) is 0 Å². The molecule has 0 N–H and O–H groups in total. The molecule has 1 rings (SSSR count). The summed E-state index contributed by atoms with van der Waals surface area (Å²) in [4.78, 5) is 0. The molecular formula is C12H14. The first-order valence-corrected chi connectivity index (χ1v) is 4.32. The lowest BCUT2D eigenvalue weighted by atomic mass is 10.0. The van der Waals surface area contributed by atoms with Crippen LogP contribution in [0.4, 0.5) is 0 Å². The Morgan fingerprint density at radius 1 is 1.42 bits per heavy atom. The van der Waals surface area contributed by atoms with Crippen LogP contribution >= 0.6 is 0 Å². The molecule has 0 aliphatic rings. The van der Waals surface area contributed by atoms with Crippen LogP contribution in [0.25, 0.3) is 6.08 Å². The fourth-order valence-electron chi connectivity index (χ4n) is 1.28. The lowest BCUT2D eigenvalue weighted by Gasteiger charge is -2.01. The first-order chi connectivity index (χ1) is 5.88. The van der Waals surface area contributed by atoms with Crippen molar-refractivity contribution in [2.24, 2.45) is 0 Å². The average Bonchev–Trinajstić information content (AvgIpc) is 2.09. The molecule has 0 spiro atoms. The monoisotopic (exact) mass is 158 g/mol. The summed E-state index contributed by atoms with van der Waals surface area (Å²) in [6.07, 6.45) is 4.25. The fourth-order valence-corrected chi connectivity index (χ4v) is 1.28. The van der Waals surface area contributed by atoms with E-state index in [2.05, 4.69) is 37.4 Å². The SMILES string of the molecule is C=C=Cc1ccccc1CCC. The molecular weight excluding hydrogens is 144 g/mol. The maximum absolute atomic E-state index is 3.58. The molecule has 0 bridgehead atoms. The molecule has 0 amide bonds. The Balaban J connectivity index is 2.99. The summed E-state index contributed by atoms with van der Waals surface area (Å²) in [5, 5.41) is 0. The van der Waals surface area contributed by atoms with Gasteiger partial charge in [0.15, 0.2) is 0 Å². The van der Waals surface area contributed by atoms with E-state index in [1.54, 1.807) is 0 Å². The minimum atomic E-state index is 1.13. The standard InChI is InChI=1S/C12H14/c1-3-7-11-9-5-6-10-12(11)8-4-2/h5-7,9-10H,1,4,8H2,2H3. The topological polar surface area (TPSA) is 0 Å². The first kappa shape index (κ1) is 8.83. The van der Waals surface area contributed by atoms with Gasteiger partial charge in [-0.15, -0.1) is 5.73 Å². The van der Waals surface area contributed by atoms with Crippen molar-refractivity contribution in [2.75, 3.05) is 0 Å². The van der Waals surface area contributed by atoms with E-state index in [0.29, 0.717) is 0 Å². The predicted molar refractivity (Wildman–Crippen MR) is 54.0 cm³/mol. The molecule has 0 saturated carbocycles. The summed E-state index contributed by atoms with van der Waals surface area (Å²) in [5.74, 6) is 0. The van der Waals surface area contributed by atoms with Gasteiger partial charge in [-0.25, -0.2) is 0 Å². The summed E-state index contributed by atoms with van der Waals surface area (Å²) in [5.41, 5.74) is 5.44. The van der Waals surface area contributed by atoms with Crippen molar-refractivity contribution in [3.05, 3.63) is 47.7 Å². The van der Waals surface area contributed by atoms with Gasteiger partial charge >= 0.3 is 0 Å². The lowest BCUT2D eigenvalue weighted by Crippen LogP contribution is -1.86. The summed E-state index contributed by atoms with van der Waals surface area (Å²) in [7, 11) is 0. The first-order valence-electron chi connectivity index (χ1n) is 4.32. The van der Waals surface area contributed by atoms with Crippen molar-refractivity contribution in [1.82, 2.24) is 0 Å². The van der Waals surface area contributed by atoms with E-state index >= 15 is 0 Å². The van der Waals surface area contributed by atoms with Crippen LogP contribution in [-0.4, -0.2) is 0 Å². The normalized spacial score (nSPS) is 9.08. The third-order valence-corrected chi connectivity index (χ3v) is 1.83. The molecule has 0 aromatic heterocycles. The molecule has 0 unspecified atom stereocenters. The summed E-state index contributed by atoms with van der Waals surface area (Å²) in [6, 6.07) is 8.38. The fraction of sp³-hybridized carbons (Fsp3) is 0.250. The third kappa shape index (κ3) is 2.11. The molecule has 0 radical (unpaired) electrons. The van der Waals surface area contributed by atoms with Gasteiger partial charge in [0, 0.05) is 0 Å². The second-order valence-electron chi connectivity index (χ2n) is 2.80. The van der Waals surface area contributed by atoms with Crippen LogP contribution in [0.1, 0.15) is 24.5 Å². The van der Waals surface area contributed by atoms with Gasteiger partial charge in [-0.1, -0.05) is 44.2 Å². The zero-order valence-corrected chi connectivity index (χ0v) is 7.51. The maximum Gasteiger partial charge on any atom is -0.0131 e. The molecule has 0 aliphatic heterocycles. The van der Waals surface area contributed by atoms with Crippen molar-refractivity contribution < 1.29 is 0 Å². The molecule has 0 heteroatoms. The quantitative estimate of drug-likeness (QED) is 0.591. The number of rotatable bonds is 3. The lowest BCUT2D eigenvalue weighted by molar-refractivity contribution is 0.919. The highest BCUT2D eigenvalue weighted by Crippen LogP contribution is 2.11. The van der Waals surface area contributed by atoms with Crippen LogP contribution in [0.15, 0.2) is 36.6 Å². The Bertz CT molecular complexity index is 291. The minimum Gasteiger partial charge on any atom is -0.128 e. The molecule has 0 aliphatic carbocycles. The van der Waals surface area contributed by atoms with Crippen LogP contribution < -0.4 is 0 Å².